The molecule has 1 aliphatic rings. The minimum absolute atomic E-state index is 0.203. The van der Waals surface area contributed by atoms with Crippen LogP contribution in [0.4, 0.5) is 11.6 Å². The van der Waals surface area contributed by atoms with Gasteiger partial charge in [-0.1, -0.05) is 6.07 Å². The molecule has 0 bridgehead atoms. The van der Waals surface area contributed by atoms with Crippen LogP contribution < -0.4 is 16.4 Å². The number of hydrogen-bond acceptors (Lipinski definition) is 11. The first-order valence-corrected chi connectivity index (χ1v) is 12.8. The Morgan fingerprint density at radius 2 is 1.95 bits per heavy atom. The Morgan fingerprint density at radius 3 is 2.77 bits per heavy atom. The fourth-order valence-electron chi connectivity index (χ4n) is 4.85. The van der Waals surface area contributed by atoms with Crippen molar-refractivity contribution >= 4 is 23.3 Å². The second kappa shape index (κ2) is 10.4. The Morgan fingerprint density at radius 1 is 1.07 bits per heavy atom. The van der Waals surface area contributed by atoms with E-state index >= 15 is 0 Å². The average Bonchev–Trinajstić information content (AvgIpc) is 3.59. The Bertz CT molecular complexity index is 1710. The van der Waals surface area contributed by atoms with Crippen LogP contribution in [0, 0.1) is 6.92 Å². The lowest BCUT2D eigenvalue weighted by molar-refractivity contribution is 0.0691. The number of aryl methyl sites for hydroxylation is 1. The van der Waals surface area contributed by atoms with Crippen LogP contribution in [-0.2, 0) is 13.1 Å². The number of nitrogens with zero attached hydrogens (tertiary/aromatic N) is 8. The molecule has 1 aliphatic heterocycles. The van der Waals surface area contributed by atoms with E-state index in [-0.39, 0.29) is 23.1 Å². The highest BCUT2D eigenvalue weighted by Crippen LogP contribution is 2.31. The summed E-state index contributed by atoms with van der Waals surface area (Å²) in [6.45, 7) is 5.30. The fraction of sp³-hybridized carbons (Fsp3) is 0.259. The van der Waals surface area contributed by atoms with E-state index < -0.39 is 5.97 Å². The fourth-order valence-corrected chi connectivity index (χ4v) is 4.85. The summed E-state index contributed by atoms with van der Waals surface area (Å²) in [4.78, 5) is 38.5. The number of imidazole rings is 1. The zero-order chi connectivity index (χ0) is 27.8. The molecule has 0 spiro atoms. The molecule has 0 aliphatic carbocycles. The smallest absolute Gasteiger partial charge is 0.358 e. The average molecular weight is 541 g/mol. The van der Waals surface area contributed by atoms with E-state index in [1.54, 1.807) is 18.5 Å². The van der Waals surface area contributed by atoms with E-state index in [1.807, 2.05) is 41.8 Å². The number of anilines is 2. The zero-order valence-electron chi connectivity index (χ0n) is 21.9. The van der Waals surface area contributed by atoms with E-state index in [0.717, 1.165) is 42.4 Å². The lowest BCUT2D eigenvalue weighted by Crippen LogP contribution is -2.44. The summed E-state index contributed by atoms with van der Waals surface area (Å²) in [6.07, 6.45) is 6.20. The van der Waals surface area contributed by atoms with Gasteiger partial charge in [0.25, 0.3) is 0 Å². The number of aromatic carboxylic acids is 1. The van der Waals surface area contributed by atoms with Crippen LogP contribution in [-0.4, -0.2) is 65.1 Å². The molecule has 0 radical (unpaired) electrons. The van der Waals surface area contributed by atoms with Crippen molar-refractivity contribution in [1.82, 2.24) is 34.2 Å². The monoisotopic (exact) mass is 540 g/mol. The van der Waals surface area contributed by atoms with Gasteiger partial charge in [0.2, 0.25) is 5.89 Å². The predicted molar refractivity (Wildman–Crippen MR) is 147 cm³/mol. The number of pyridine rings is 2. The predicted octanol–water partition coefficient (Wildman–Crippen LogP) is 2.56. The van der Waals surface area contributed by atoms with Crippen molar-refractivity contribution in [2.75, 3.05) is 30.4 Å². The van der Waals surface area contributed by atoms with Crippen LogP contribution >= 0.6 is 0 Å². The van der Waals surface area contributed by atoms with Gasteiger partial charge in [0.15, 0.2) is 17.2 Å². The molecule has 204 valence electrons. The van der Waals surface area contributed by atoms with E-state index in [4.69, 9.17) is 15.9 Å². The van der Waals surface area contributed by atoms with Gasteiger partial charge in [0.1, 0.15) is 22.9 Å². The number of nitrogen functional groups attached to an aromatic ring is 1. The quantitative estimate of drug-likeness (QED) is 0.275. The summed E-state index contributed by atoms with van der Waals surface area (Å²) in [7, 11) is 0. The molecule has 6 heterocycles. The Balaban J connectivity index is 1.30. The molecule has 6 rings (SSSR count). The molecule has 40 heavy (non-hydrogen) atoms. The molecule has 0 aromatic carbocycles. The van der Waals surface area contributed by atoms with Crippen molar-refractivity contribution in [3.8, 4) is 22.8 Å². The molecular formula is C27H28N10O3. The Kier molecular flexibility index (Phi) is 6.58. The highest BCUT2D eigenvalue weighted by atomic mass is 16.4. The van der Waals surface area contributed by atoms with Crippen molar-refractivity contribution in [2.24, 2.45) is 5.73 Å². The number of carboxylic acid groups (broad SMARTS) is 1. The largest absolute Gasteiger partial charge is 0.476 e. The van der Waals surface area contributed by atoms with E-state index in [0.29, 0.717) is 36.8 Å². The first-order chi connectivity index (χ1) is 19.4. The van der Waals surface area contributed by atoms with Crippen LogP contribution in [0.2, 0.25) is 0 Å². The molecule has 0 amide bonds. The van der Waals surface area contributed by atoms with Gasteiger partial charge in [-0.05, 0) is 37.6 Å². The van der Waals surface area contributed by atoms with Gasteiger partial charge in [-0.2, -0.15) is 0 Å². The van der Waals surface area contributed by atoms with Gasteiger partial charge in [-0.15, -0.1) is 0 Å². The normalized spacial score (nSPS) is 14.2. The topological polar surface area (TPSA) is 178 Å². The minimum Gasteiger partial charge on any atom is -0.476 e. The van der Waals surface area contributed by atoms with Crippen LogP contribution in [0.1, 0.15) is 34.1 Å². The first kappa shape index (κ1) is 25.4. The van der Waals surface area contributed by atoms with Gasteiger partial charge in [-0.25, -0.2) is 29.7 Å². The summed E-state index contributed by atoms with van der Waals surface area (Å²) in [5.74, 6) is 0.242. The standard InChI is InChI=1S/C27H28N10O3/c1-16-11-30-20-7-6-17(13-37(16)20)22-23(34-25(29)24(33-22)27(38)39)26-31-12-19(40-26)14-35-8-3-9-36(15-35)21-5-2-4-18(10-28)32-21/h2,4-7,11-13H,3,8-10,14-15,28H2,1H3,(H2,29,34)(H,38,39). The highest BCUT2D eigenvalue weighted by molar-refractivity contribution is 5.92. The summed E-state index contributed by atoms with van der Waals surface area (Å²) in [5, 5.41) is 9.64. The third-order valence-electron chi connectivity index (χ3n) is 6.82. The number of hydrogen-bond donors (Lipinski definition) is 3. The Hall–Kier alpha value is -4.88. The van der Waals surface area contributed by atoms with Crippen LogP contribution in [0.25, 0.3) is 28.5 Å². The molecule has 13 heteroatoms. The summed E-state index contributed by atoms with van der Waals surface area (Å²) < 4.78 is 8.02. The van der Waals surface area contributed by atoms with Gasteiger partial charge >= 0.3 is 5.97 Å². The van der Waals surface area contributed by atoms with Crippen LogP contribution in [0.3, 0.4) is 0 Å². The second-order valence-electron chi connectivity index (χ2n) is 9.64. The third kappa shape index (κ3) is 4.83. The lowest BCUT2D eigenvalue weighted by Gasteiger charge is -2.35. The molecular weight excluding hydrogens is 512 g/mol. The van der Waals surface area contributed by atoms with Crippen molar-refractivity contribution in [2.45, 2.75) is 26.4 Å². The van der Waals surface area contributed by atoms with Crippen molar-refractivity contribution < 1.29 is 14.3 Å². The van der Waals surface area contributed by atoms with Crippen LogP contribution in [0.5, 0.6) is 0 Å². The molecule has 1 saturated heterocycles. The maximum Gasteiger partial charge on any atom is 0.358 e. The second-order valence-corrected chi connectivity index (χ2v) is 9.64. The lowest BCUT2D eigenvalue weighted by atomic mass is 10.1. The number of aromatic nitrogens is 6. The number of carboxylic acids is 1. The third-order valence-corrected chi connectivity index (χ3v) is 6.82. The molecule has 5 N–H and O–H groups in total. The maximum absolute atomic E-state index is 11.8. The molecule has 5 aromatic heterocycles. The van der Waals surface area contributed by atoms with E-state index in [2.05, 4.69) is 34.7 Å². The first-order valence-electron chi connectivity index (χ1n) is 12.8. The number of nitrogens with two attached hydrogens (primary N) is 2. The summed E-state index contributed by atoms with van der Waals surface area (Å²) in [6, 6.07) is 9.51. The van der Waals surface area contributed by atoms with E-state index in [9.17, 15) is 9.90 Å². The number of oxazole rings is 1. The van der Waals surface area contributed by atoms with Gasteiger partial charge in [0.05, 0.1) is 25.1 Å². The maximum atomic E-state index is 11.8. The molecule has 0 saturated carbocycles. The number of rotatable bonds is 7. The molecule has 5 aromatic rings. The number of fused-ring (bicyclic) bond motifs is 1. The van der Waals surface area contributed by atoms with Crippen LogP contribution in [0.15, 0.2) is 53.3 Å². The highest BCUT2D eigenvalue weighted by Gasteiger charge is 2.24. The van der Waals surface area contributed by atoms with Gasteiger partial charge < -0.3 is 30.3 Å². The minimum atomic E-state index is -1.27. The van der Waals surface area contributed by atoms with Crippen molar-refractivity contribution in [3.05, 3.63) is 71.8 Å². The molecule has 1 fully saturated rings. The summed E-state index contributed by atoms with van der Waals surface area (Å²) >= 11 is 0. The number of carbonyl (C=O) groups is 1. The Labute approximate surface area is 229 Å². The summed E-state index contributed by atoms with van der Waals surface area (Å²) in [5.41, 5.74) is 15.1. The molecule has 0 unspecified atom stereocenters. The van der Waals surface area contributed by atoms with Gasteiger partial charge in [0, 0.05) is 43.3 Å². The zero-order valence-corrected chi connectivity index (χ0v) is 21.9. The molecule has 13 nitrogen and oxygen atoms in total. The van der Waals surface area contributed by atoms with Gasteiger partial charge in [-0.3, -0.25) is 4.90 Å². The van der Waals surface area contributed by atoms with Crippen molar-refractivity contribution in [1.29, 1.82) is 0 Å². The molecule has 0 atom stereocenters. The van der Waals surface area contributed by atoms with E-state index in [1.165, 1.54) is 0 Å². The SMILES string of the molecule is Cc1cnc2ccc(-c3nc(C(=O)O)c(N)nc3-c3ncc(CN4CCCN(c5cccc(CN)n5)C4)o3)cn12. The van der Waals surface area contributed by atoms with Crippen molar-refractivity contribution in [3.63, 3.8) is 0 Å².